The van der Waals surface area contributed by atoms with Crippen LogP contribution in [0.2, 0.25) is 0 Å². The number of hydrogen-bond donors (Lipinski definition) is 1. The lowest BCUT2D eigenvalue weighted by Crippen LogP contribution is -2.14. The number of anilines is 1. The lowest BCUT2D eigenvalue weighted by Gasteiger charge is -2.10. The van der Waals surface area contributed by atoms with Gasteiger partial charge in [-0.1, -0.05) is 18.2 Å². The molecule has 3 rings (SSSR count). The van der Waals surface area contributed by atoms with Crippen LogP contribution in [0.25, 0.3) is 0 Å². The van der Waals surface area contributed by atoms with Crippen molar-refractivity contribution in [1.82, 2.24) is 9.78 Å². The van der Waals surface area contributed by atoms with E-state index in [9.17, 15) is 14.4 Å². The van der Waals surface area contributed by atoms with Crippen LogP contribution in [0.15, 0.2) is 48.5 Å². The Labute approximate surface area is 179 Å². The fourth-order valence-corrected chi connectivity index (χ4v) is 3.22. The number of esters is 2. The number of nitrogens with zero attached hydrogens (tertiary/aromatic N) is 2. The molecule has 0 saturated carbocycles. The van der Waals surface area contributed by atoms with Crippen molar-refractivity contribution in [2.24, 2.45) is 0 Å². The maximum atomic E-state index is 12.7. The number of rotatable bonds is 6. The summed E-state index contributed by atoms with van der Waals surface area (Å²) in [5.41, 5.74) is 3.98. The molecule has 160 valence electrons. The molecule has 31 heavy (non-hydrogen) atoms. The van der Waals surface area contributed by atoms with Crippen LogP contribution >= 0.6 is 0 Å². The van der Waals surface area contributed by atoms with Gasteiger partial charge in [-0.2, -0.15) is 5.10 Å². The van der Waals surface area contributed by atoms with Crippen LogP contribution in [0.3, 0.4) is 0 Å². The summed E-state index contributed by atoms with van der Waals surface area (Å²) in [6.45, 7) is 3.99. The first kappa shape index (κ1) is 21.8. The molecule has 0 unspecified atom stereocenters. The van der Waals surface area contributed by atoms with Crippen molar-refractivity contribution < 1.29 is 23.9 Å². The molecule has 0 radical (unpaired) electrons. The molecule has 1 heterocycles. The average molecular weight is 421 g/mol. The maximum absolute atomic E-state index is 12.7. The monoisotopic (exact) mass is 421 g/mol. The fraction of sp³-hybridized carbons (Fsp3) is 0.217. The first-order valence-electron chi connectivity index (χ1n) is 9.55. The molecule has 0 aliphatic carbocycles. The SMILES string of the molecule is COC(=O)c1ccc(C(=O)Nc2c(C)nn(Cc3ccccc3C(=O)OC)c2C)cc1. The second kappa shape index (κ2) is 9.25. The predicted octanol–water partition coefficient (Wildman–Crippen LogP) is 3.37. The Kier molecular flexibility index (Phi) is 6.49. The standard InChI is InChI=1S/C23H23N3O5/c1-14-20(24-21(27)16-9-11-17(12-10-16)22(28)30-3)15(2)26(25-14)13-18-7-5-6-8-19(18)23(29)31-4/h5-12H,13H2,1-4H3,(H,24,27). The minimum absolute atomic E-state index is 0.322. The number of methoxy groups -OCH3 is 2. The van der Waals surface area contributed by atoms with E-state index in [1.807, 2.05) is 19.1 Å². The summed E-state index contributed by atoms with van der Waals surface area (Å²) in [5.74, 6) is -1.20. The highest BCUT2D eigenvalue weighted by atomic mass is 16.5. The van der Waals surface area contributed by atoms with E-state index in [0.29, 0.717) is 34.6 Å². The molecule has 8 nitrogen and oxygen atoms in total. The number of aromatic nitrogens is 2. The molecule has 0 atom stereocenters. The van der Waals surface area contributed by atoms with Crippen LogP contribution in [-0.2, 0) is 16.0 Å². The van der Waals surface area contributed by atoms with Gasteiger partial charge in [0.1, 0.15) is 0 Å². The van der Waals surface area contributed by atoms with Crippen LogP contribution in [0.5, 0.6) is 0 Å². The van der Waals surface area contributed by atoms with Gasteiger partial charge < -0.3 is 14.8 Å². The van der Waals surface area contributed by atoms with Gasteiger partial charge in [0.05, 0.1) is 49.0 Å². The normalized spacial score (nSPS) is 10.5. The van der Waals surface area contributed by atoms with Crippen LogP contribution in [0.1, 0.15) is 48.0 Å². The number of nitrogens with one attached hydrogen (secondary N) is 1. The summed E-state index contributed by atoms with van der Waals surface area (Å²) in [4.78, 5) is 36.3. The lowest BCUT2D eigenvalue weighted by molar-refractivity contribution is 0.0591. The molecule has 0 saturated heterocycles. The van der Waals surface area contributed by atoms with E-state index in [1.165, 1.54) is 26.4 Å². The molecular weight excluding hydrogens is 398 g/mol. The Bertz CT molecular complexity index is 1130. The van der Waals surface area contributed by atoms with Crippen molar-refractivity contribution in [3.05, 3.63) is 82.2 Å². The molecule has 0 aliphatic rings. The van der Waals surface area contributed by atoms with Gasteiger partial charge in [0.25, 0.3) is 5.91 Å². The van der Waals surface area contributed by atoms with Crippen LogP contribution in [0.4, 0.5) is 5.69 Å². The highest BCUT2D eigenvalue weighted by Crippen LogP contribution is 2.22. The van der Waals surface area contributed by atoms with Crippen LogP contribution in [0, 0.1) is 13.8 Å². The van der Waals surface area contributed by atoms with Crippen LogP contribution in [-0.4, -0.2) is 41.8 Å². The summed E-state index contributed by atoms with van der Waals surface area (Å²) < 4.78 is 11.2. The van der Waals surface area contributed by atoms with Gasteiger partial charge in [-0.05, 0) is 49.7 Å². The van der Waals surface area contributed by atoms with E-state index < -0.39 is 11.9 Å². The van der Waals surface area contributed by atoms with Crippen molar-refractivity contribution in [2.75, 3.05) is 19.5 Å². The smallest absolute Gasteiger partial charge is 0.338 e. The van der Waals surface area contributed by atoms with Gasteiger partial charge in [-0.15, -0.1) is 0 Å². The number of carbonyl (C=O) groups is 3. The van der Waals surface area contributed by atoms with Crippen molar-refractivity contribution in [2.45, 2.75) is 20.4 Å². The maximum Gasteiger partial charge on any atom is 0.338 e. The highest BCUT2D eigenvalue weighted by molar-refractivity contribution is 6.05. The van der Waals surface area contributed by atoms with Crippen LogP contribution < -0.4 is 5.32 Å². The molecule has 1 aromatic heterocycles. The zero-order valence-corrected chi connectivity index (χ0v) is 17.8. The Balaban J connectivity index is 1.82. The summed E-state index contributed by atoms with van der Waals surface area (Å²) >= 11 is 0. The minimum atomic E-state index is -0.466. The summed E-state index contributed by atoms with van der Waals surface area (Å²) in [6, 6.07) is 13.3. The first-order valence-corrected chi connectivity index (χ1v) is 9.55. The van der Waals surface area contributed by atoms with E-state index in [1.54, 1.807) is 35.9 Å². The third-order valence-electron chi connectivity index (χ3n) is 4.93. The highest BCUT2D eigenvalue weighted by Gasteiger charge is 2.18. The Morgan fingerprint density at radius 1 is 0.903 bits per heavy atom. The molecular formula is C23H23N3O5. The summed E-state index contributed by atoms with van der Waals surface area (Å²) in [5, 5.41) is 7.40. The van der Waals surface area contributed by atoms with E-state index in [4.69, 9.17) is 4.74 Å². The molecule has 0 fully saturated rings. The van der Waals surface area contributed by atoms with E-state index in [2.05, 4.69) is 15.2 Å². The van der Waals surface area contributed by atoms with E-state index in [0.717, 1.165) is 11.3 Å². The number of carbonyl (C=O) groups excluding carboxylic acids is 3. The van der Waals surface area contributed by atoms with Gasteiger partial charge in [0.15, 0.2) is 0 Å². The third-order valence-corrected chi connectivity index (χ3v) is 4.93. The fourth-order valence-electron chi connectivity index (χ4n) is 3.22. The largest absolute Gasteiger partial charge is 0.465 e. The molecule has 2 aromatic carbocycles. The van der Waals surface area contributed by atoms with E-state index >= 15 is 0 Å². The molecule has 1 N–H and O–H groups in total. The van der Waals surface area contributed by atoms with Gasteiger partial charge in [-0.25, -0.2) is 9.59 Å². The van der Waals surface area contributed by atoms with Crippen molar-refractivity contribution >= 4 is 23.5 Å². The van der Waals surface area contributed by atoms with Gasteiger partial charge >= 0.3 is 11.9 Å². The van der Waals surface area contributed by atoms with Crippen molar-refractivity contribution in [3.8, 4) is 0 Å². The van der Waals surface area contributed by atoms with Crippen molar-refractivity contribution in [3.63, 3.8) is 0 Å². The topological polar surface area (TPSA) is 99.5 Å². The molecule has 8 heteroatoms. The lowest BCUT2D eigenvalue weighted by atomic mass is 10.1. The first-order chi connectivity index (χ1) is 14.8. The number of hydrogen-bond acceptors (Lipinski definition) is 6. The third kappa shape index (κ3) is 4.63. The second-order valence-electron chi connectivity index (χ2n) is 6.88. The average Bonchev–Trinajstić information content (AvgIpc) is 3.05. The number of aryl methyl sites for hydroxylation is 1. The zero-order valence-electron chi connectivity index (χ0n) is 17.8. The summed E-state index contributed by atoms with van der Waals surface area (Å²) in [7, 11) is 2.64. The van der Waals surface area contributed by atoms with Crippen molar-refractivity contribution in [1.29, 1.82) is 0 Å². The molecule has 3 aromatic rings. The Hall–Kier alpha value is -3.94. The molecule has 1 amide bonds. The van der Waals surface area contributed by atoms with Gasteiger partial charge in [-0.3, -0.25) is 9.48 Å². The minimum Gasteiger partial charge on any atom is -0.465 e. The number of amides is 1. The van der Waals surface area contributed by atoms with E-state index in [-0.39, 0.29) is 5.91 Å². The zero-order chi connectivity index (χ0) is 22.5. The Morgan fingerprint density at radius 2 is 1.52 bits per heavy atom. The Morgan fingerprint density at radius 3 is 2.16 bits per heavy atom. The van der Waals surface area contributed by atoms with Gasteiger partial charge in [0.2, 0.25) is 0 Å². The van der Waals surface area contributed by atoms with Gasteiger partial charge in [0, 0.05) is 5.56 Å². The molecule has 0 spiro atoms. The summed E-state index contributed by atoms with van der Waals surface area (Å²) in [6.07, 6.45) is 0. The second-order valence-corrected chi connectivity index (χ2v) is 6.88. The molecule has 0 aliphatic heterocycles. The molecule has 0 bridgehead atoms. The number of benzene rings is 2. The predicted molar refractivity (Wildman–Crippen MR) is 114 cm³/mol. The number of ether oxygens (including phenoxy) is 2. The quantitative estimate of drug-likeness (QED) is 0.613.